The van der Waals surface area contributed by atoms with Crippen LogP contribution in [-0.4, -0.2) is 11.0 Å². The second-order valence-electron chi connectivity index (χ2n) is 7.05. The Morgan fingerprint density at radius 3 is 1.87 bits per heavy atom. The monoisotopic (exact) mass is 419 g/mol. The molecular weight excluding hydrogens is 398 g/mol. The lowest BCUT2D eigenvalue weighted by Crippen LogP contribution is -1.94. The number of para-hydroxylation sites is 1. The minimum Gasteiger partial charge on any atom is -0.281 e. The summed E-state index contributed by atoms with van der Waals surface area (Å²) in [6, 6.07) is 35.5. The van der Waals surface area contributed by atoms with Gasteiger partial charge in [0.2, 0.25) is 5.12 Å². The molecule has 0 aliphatic rings. The fourth-order valence-electron chi connectivity index (χ4n) is 3.13. The van der Waals surface area contributed by atoms with Gasteiger partial charge in [0.15, 0.2) is 0 Å². The number of aryl methyl sites for hydroxylation is 1. The fourth-order valence-corrected chi connectivity index (χ4v) is 3.90. The highest BCUT2D eigenvalue weighted by Gasteiger charge is 2.12. The summed E-state index contributed by atoms with van der Waals surface area (Å²) in [5.41, 5.74) is 5.28. The number of hydrogen-bond donors (Lipinski definition) is 0. The molecule has 4 aromatic rings. The van der Waals surface area contributed by atoms with Crippen molar-refractivity contribution < 1.29 is 4.79 Å². The van der Waals surface area contributed by atoms with Crippen LogP contribution in [0.3, 0.4) is 0 Å². The molecule has 150 valence electrons. The van der Waals surface area contributed by atoms with Crippen LogP contribution >= 0.6 is 11.8 Å². The summed E-state index contributed by atoms with van der Waals surface area (Å²) in [4.78, 5) is 18.5. The first-order chi connectivity index (χ1) is 15.2. The number of rotatable bonds is 5. The zero-order valence-corrected chi connectivity index (χ0v) is 18.0. The van der Waals surface area contributed by atoms with Crippen LogP contribution in [0.2, 0.25) is 0 Å². The number of hydrogen-bond acceptors (Lipinski definition) is 3. The van der Waals surface area contributed by atoms with E-state index >= 15 is 0 Å². The Bertz CT molecular complexity index is 1200. The molecule has 0 aromatic heterocycles. The van der Waals surface area contributed by atoms with Crippen LogP contribution in [0, 0.1) is 6.92 Å². The van der Waals surface area contributed by atoms with E-state index in [4.69, 9.17) is 0 Å². The summed E-state index contributed by atoms with van der Waals surface area (Å²) in [7, 11) is 0. The average molecular weight is 420 g/mol. The van der Waals surface area contributed by atoms with Crippen molar-refractivity contribution in [2.45, 2.75) is 11.8 Å². The van der Waals surface area contributed by atoms with E-state index in [-0.39, 0.29) is 5.12 Å². The van der Waals surface area contributed by atoms with Gasteiger partial charge in [-0.15, -0.1) is 0 Å². The summed E-state index contributed by atoms with van der Waals surface area (Å²) in [6.45, 7) is 2.03. The third kappa shape index (κ3) is 5.29. The molecule has 0 aliphatic heterocycles. The van der Waals surface area contributed by atoms with Crippen LogP contribution in [0.5, 0.6) is 0 Å². The molecule has 0 aliphatic carbocycles. The Labute approximate surface area is 187 Å². The summed E-state index contributed by atoms with van der Waals surface area (Å²) in [6.07, 6.45) is 0. The second kappa shape index (κ2) is 9.90. The number of thioether (sulfide) groups is 1. The van der Waals surface area contributed by atoms with Gasteiger partial charge in [-0.3, -0.25) is 4.79 Å². The van der Waals surface area contributed by atoms with Gasteiger partial charge in [0.25, 0.3) is 0 Å². The highest BCUT2D eigenvalue weighted by atomic mass is 32.2. The van der Waals surface area contributed by atoms with Gasteiger partial charge in [0.1, 0.15) is 0 Å². The van der Waals surface area contributed by atoms with Crippen LogP contribution < -0.4 is 0 Å². The van der Waals surface area contributed by atoms with E-state index in [1.807, 2.05) is 116 Å². The molecule has 4 aromatic carbocycles. The first kappa shape index (κ1) is 20.6. The molecule has 0 spiro atoms. The van der Waals surface area contributed by atoms with Crippen molar-refractivity contribution in [2.24, 2.45) is 4.99 Å². The first-order valence-corrected chi connectivity index (χ1v) is 10.8. The molecule has 0 amide bonds. The van der Waals surface area contributed by atoms with Crippen LogP contribution in [0.25, 0.3) is 5.57 Å². The van der Waals surface area contributed by atoms with E-state index in [1.165, 1.54) is 17.3 Å². The second-order valence-corrected chi connectivity index (χ2v) is 8.10. The lowest BCUT2D eigenvalue weighted by molar-refractivity contribution is 0.108. The maximum atomic E-state index is 13.0. The SMILES string of the molecule is Cc1ccc(SC(=O)c2ccccc2N=C=C(c2ccccc2)c2ccccc2)cc1. The molecular formula is C28H21NOS. The standard InChI is InChI=1S/C28H21NOS/c1-21-16-18-24(19-17-21)31-28(30)25-14-8-9-15-27(25)29-20-26(22-10-4-2-5-11-22)23-12-6-3-7-13-23/h2-19H,1H3. The van der Waals surface area contributed by atoms with E-state index in [0.717, 1.165) is 21.6 Å². The third-order valence-electron chi connectivity index (χ3n) is 4.77. The fraction of sp³-hybridized carbons (Fsp3) is 0.0357. The molecule has 0 saturated carbocycles. The largest absolute Gasteiger partial charge is 0.281 e. The lowest BCUT2D eigenvalue weighted by Gasteiger charge is -2.06. The molecule has 0 N–H and O–H groups in total. The van der Waals surface area contributed by atoms with E-state index in [9.17, 15) is 4.79 Å². The number of nitrogens with zero attached hydrogens (tertiary/aromatic N) is 1. The molecule has 31 heavy (non-hydrogen) atoms. The van der Waals surface area contributed by atoms with Crippen LogP contribution in [0.4, 0.5) is 5.69 Å². The van der Waals surface area contributed by atoms with Crippen molar-refractivity contribution in [2.75, 3.05) is 0 Å². The maximum absolute atomic E-state index is 13.0. The van der Waals surface area contributed by atoms with Gasteiger partial charge in [0, 0.05) is 4.90 Å². The summed E-state index contributed by atoms with van der Waals surface area (Å²) < 4.78 is 0. The van der Waals surface area contributed by atoms with Gasteiger partial charge in [-0.2, -0.15) is 0 Å². The molecule has 2 nitrogen and oxygen atoms in total. The molecule has 0 fully saturated rings. The zero-order valence-electron chi connectivity index (χ0n) is 17.2. The van der Waals surface area contributed by atoms with Gasteiger partial charge in [-0.1, -0.05) is 90.5 Å². The molecule has 0 saturated heterocycles. The number of aliphatic imine (C=N–C) groups is 1. The van der Waals surface area contributed by atoms with Crippen LogP contribution in [0.1, 0.15) is 27.0 Å². The highest BCUT2D eigenvalue weighted by molar-refractivity contribution is 8.14. The smallest absolute Gasteiger partial charge is 0.226 e. The average Bonchev–Trinajstić information content (AvgIpc) is 2.82. The number of carbonyl (C=O) groups is 1. The van der Waals surface area contributed by atoms with E-state index in [0.29, 0.717) is 11.3 Å². The van der Waals surface area contributed by atoms with Gasteiger partial charge in [-0.25, -0.2) is 4.99 Å². The Balaban J connectivity index is 1.73. The van der Waals surface area contributed by atoms with E-state index in [2.05, 4.69) is 10.9 Å². The predicted octanol–water partition coefficient (Wildman–Crippen LogP) is 7.36. The van der Waals surface area contributed by atoms with Crippen molar-refractivity contribution in [3.8, 4) is 0 Å². The summed E-state index contributed by atoms with van der Waals surface area (Å²) >= 11 is 1.21. The summed E-state index contributed by atoms with van der Waals surface area (Å²) in [5.74, 6) is 3.22. The molecule has 0 atom stereocenters. The Morgan fingerprint density at radius 1 is 0.710 bits per heavy atom. The van der Waals surface area contributed by atoms with Gasteiger partial charge in [0.05, 0.1) is 16.8 Å². The number of benzene rings is 4. The lowest BCUT2D eigenvalue weighted by atomic mass is 9.99. The van der Waals surface area contributed by atoms with Crippen LogP contribution in [0.15, 0.2) is 119 Å². The molecule has 0 radical (unpaired) electrons. The molecule has 4 rings (SSSR count). The maximum Gasteiger partial charge on any atom is 0.226 e. The predicted molar refractivity (Wildman–Crippen MR) is 130 cm³/mol. The van der Waals surface area contributed by atoms with Gasteiger partial charge in [-0.05, 0) is 59.9 Å². The Morgan fingerprint density at radius 2 is 1.26 bits per heavy atom. The number of carbonyl (C=O) groups excluding carboxylic acids is 1. The van der Waals surface area contributed by atoms with Crippen molar-refractivity contribution >= 4 is 34.0 Å². The zero-order chi connectivity index (χ0) is 21.5. The van der Waals surface area contributed by atoms with Crippen molar-refractivity contribution in [3.63, 3.8) is 0 Å². The van der Waals surface area contributed by atoms with E-state index < -0.39 is 0 Å². The van der Waals surface area contributed by atoms with Gasteiger partial charge < -0.3 is 0 Å². The normalized spacial score (nSPS) is 10.2. The minimum atomic E-state index is -0.0361. The van der Waals surface area contributed by atoms with Crippen molar-refractivity contribution in [1.29, 1.82) is 0 Å². The van der Waals surface area contributed by atoms with Crippen molar-refractivity contribution in [3.05, 3.63) is 131 Å². The molecule has 0 heterocycles. The topological polar surface area (TPSA) is 29.4 Å². The van der Waals surface area contributed by atoms with Crippen molar-refractivity contribution in [1.82, 2.24) is 0 Å². The first-order valence-electron chi connectivity index (χ1n) is 10.0. The van der Waals surface area contributed by atoms with Crippen LogP contribution in [-0.2, 0) is 0 Å². The quantitative estimate of drug-likeness (QED) is 0.250. The Hall–Kier alpha value is -3.65. The minimum absolute atomic E-state index is 0.0361. The third-order valence-corrected chi connectivity index (χ3v) is 5.68. The van der Waals surface area contributed by atoms with E-state index in [1.54, 1.807) is 0 Å². The molecule has 0 unspecified atom stereocenters. The van der Waals surface area contributed by atoms with Gasteiger partial charge >= 0.3 is 0 Å². The summed E-state index contributed by atoms with van der Waals surface area (Å²) in [5, 5.41) is -0.0361. The molecule has 0 bridgehead atoms. The Kier molecular flexibility index (Phi) is 6.59. The highest BCUT2D eigenvalue weighted by Crippen LogP contribution is 2.29. The molecule has 3 heteroatoms.